The third-order valence-electron chi connectivity index (χ3n) is 3.37. The van der Waals surface area contributed by atoms with Gasteiger partial charge in [-0.25, -0.2) is 13.2 Å². The van der Waals surface area contributed by atoms with E-state index in [1.807, 2.05) is 0 Å². The predicted octanol–water partition coefficient (Wildman–Crippen LogP) is 2.85. The molecule has 0 aliphatic heterocycles. The van der Waals surface area contributed by atoms with Crippen molar-refractivity contribution in [3.05, 3.63) is 53.3 Å². The molecule has 0 saturated carbocycles. The summed E-state index contributed by atoms with van der Waals surface area (Å²) in [6.45, 7) is 0.195. The number of anilines is 1. The number of carbonyl (C=O) groups is 1. The van der Waals surface area contributed by atoms with Gasteiger partial charge in [0.15, 0.2) is 29.0 Å². The van der Waals surface area contributed by atoms with Gasteiger partial charge in [-0.05, 0) is 29.8 Å². The second kappa shape index (κ2) is 8.39. The summed E-state index contributed by atoms with van der Waals surface area (Å²) in [6, 6.07) is 6.97. The predicted molar refractivity (Wildman–Crippen MR) is 86.2 cm³/mol. The fraction of sp³-hybridized carbons (Fsp3) is 0.235. The standard InChI is InChI=1S/C17H17F3N2O3/c1-24-13-6-3-10(7-14(13)25-2)8-21-9-15(23)22-12-5-4-11(18)16(19)17(12)20/h3-7,21H,8-9H2,1-2H3,(H,22,23). The van der Waals surface area contributed by atoms with E-state index in [0.717, 1.165) is 17.7 Å². The highest BCUT2D eigenvalue weighted by atomic mass is 19.2. The number of ether oxygens (including phenoxy) is 2. The summed E-state index contributed by atoms with van der Waals surface area (Å²) in [7, 11) is 3.04. The maximum Gasteiger partial charge on any atom is 0.238 e. The Labute approximate surface area is 142 Å². The van der Waals surface area contributed by atoms with Crippen molar-refractivity contribution in [1.82, 2.24) is 5.32 Å². The van der Waals surface area contributed by atoms with Crippen molar-refractivity contribution >= 4 is 11.6 Å². The molecular weight excluding hydrogens is 337 g/mol. The van der Waals surface area contributed by atoms with Gasteiger partial charge in [0.1, 0.15) is 0 Å². The number of hydrogen-bond donors (Lipinski definition) is 2. The minimum Gasteiger partial charge on any atom is -0.493 e. The van der Waals surface area contributed by atoms with E-state index in [2.05, 4.69) is 10.6 Å². The summed E-state index contributed by atoms with van der Waals surface area (Å²) < 4.78 is 49.7. The Morgan fingerprint density at radius 3 is 2.40 bits per heavy atom. The zero-order chi connectivity index (χ0) is 18.4. The molecule has 2 rings (SSSR count). The molecule has 0 spiro atoms. The Balaban J connectivity index is 1.90. The van der Waals surface area contributed by atoms with Crippen molar-refractivity contribution in [2.24, 2.45) is 0 Å². The van der Waals surface area contributed by atoms with Crippen LogP contribution in [0, 0.1) is 17.5 Å². The minimum absolute atomic E-state index is 0.146. The normalized spacial score (nSPS) is 10.4. The summed E-state index contributed by atoms with van der Waals surface area (Å²) in [5.74, 6) is -3.84. The number of amides is 1. The molecule has 2 N–H and O–H groups in total. The molecule has 0 bridgehead atoms. The summed E-state index contributed by atoms with van der Waals surface area (Å²) >= 11 is 0. The van der Waals surface area contributed by atoms with Crippen molar-refractivity contribution < 1.29 is 27.4 Å². The Morgan fingerprint density at radius 2 is 1.72 bits per heavy atom. The van der Waals surface area contributed by atoms with Crippen LogP contribution in [-0.4, -0.2) is 26.7 Å². The highest BCUT2D eigenvalue weighted by Crippen LogP contribution is 2.27. The fourth-order valence-corrected chi connectivity index (χ4v) is 2.13. The largest absolute Gasteiger partial charge is 0.493 e. The quantitative estimate of drug-likeness (QED) is 0.751. The van der Waals surface area contributed by atoms with Crippen molar-refractivity contribution in [1.29, 1.82) is 0 Å². The van der Waals surface area contributed by atoms with Gasteiger partial charge in [0.2, 0.25) is 5.91 Å². The molecule has 0 fully saturated rings. The molecule has 0 saturated heterocycles. The lowest BCUT2D eigenvalue weighted by Gasteiger charge is -2.11. The number of methoxy groups -OCH3 is 2. The van der Waals surface area contributed by atoms with Crippen LogP contribution < -0.4 is 20.1 Å². The second-order valence-corrected chi connectivity index (χ2v) is 5.06. The van der Waals surface area contributed by atoms with E-state index >= 15 is 0 Å². The van der Waals surface area contributed by atoms with Crippen LogP contribution in [0.3, 0.4) is 0 Å². The SMILES string of the molecule is COc1ccc(CNCC(=O)Nc2ccc(F)c(F)c2F)cc1OC. The van der Waals surface area contributed by atoms with Crippen LogP contribution in [0.25, 0.3) is 0 Å². The summed E-state index contributed by atoms with van der Waals surface area (Å²) in [5, 5.41) is 5.03. The number of halogens is 3. The van der Waals surface area contributed by atoms with Gasteiger partial charge < -0.3 is 20.1 Å². The van der Waals surface area contributed by atoms with E-state index in [-0.39, 0.29) is 6.54 Å². The molecule has 2 aromatic rings. The minimum atomic E-state index is -1.63. The highest BCUT2D eigenvalue weighted by Gasteiger charge is 2.15. The van der Waals surface area contributed by atoms with Crippen molar-refractivity contribution in [2.75, 3.05) is 26.1 Å². The van der Waals surface area contributed by atoms with Crippen LogP contribution in [0.15, 0.2) is 30.3 Å². The van der Waals surface area contributed by atoms with Gasteiger partial charge in [-0.15, -0.1) is 0 Å². The Bertz CT molecular complexity index is 769. The summed E-state index contributed by atoms with van der Waals surface area (Å²) in [5.41, 5.74) is 0.418. The van der Waals surface area contributed by atoms with Gasteiger partial charge in [-0.1, -0.05) is 6.07 Å². The molecule has 0 heterocycles. The molecule has 0 radical (unpaired) electrons. The molecule has 0 aliphatic carbocycles. The first kappa shape index (κ1) is 18.6. The Morgan fingerprint density at radius 1 is 1.00 bits per heavy atom. The van der Waals surface area contributed by atoms with Gasteiger partial charge in [0, 0.05) is 6.54 Å². The number of benzene rings is 2. The lowest BCUT2D eigenvalue weighted by Crippen LogP contribution is -2.28. The highest BCUT2D eigenvalue weighted by molar-refractivity contribution is 5.92. The monoisotopic (exact) mass is 354 g/mol. The number of nitrogens with one attached hydrogen (secondary N) is 2. The van der Waals surface area contributed by atoms with Gasteiger partial charge >= 0.3 is 0 Å². The van der Waals surface area contributed by atoms with E-state index in [4.69, 9.17) is 9.47 Å². The zero-order valence-electron chi connectivity index (χ0n) is 13.7. The van der Waals surface area contributed by atoms with E-state index in [9.17, 15) is 18.0 Å². The molecule has 2 aromatic carbocycles. The first-order valence-corrected chi connectivity index (χ1v) is 7.31. The van der Waals surface area contributed by atoms with E-state index < -0.39 is 29.0 Å². The van der Waals surface area contributed by atoms with Crippen LogP contribution in [-0.2, 0) is 11.3 Å². The Hall–Kier alpha value is -2.74. The Kier molecular flexibility index (Phi) is 6.24. The molecule has 25 heavy (non-hydrogen) atoms. The van der Waals surface area contributed by atoms with Crippen LogP contribution >= 0.6 is 0 Å². The molecular formula is C17H17F3N2O3. The van der Waals surface area contributed by atoms with Crippen LogP contribution in [0.2, 0.25) is 0 Å². The molecule has 1 amide bonds. The van der Waals surface area contributed by atoms with Gasteiger partial charge in [-0.2, -0.15) is 0 Å². The molecule has 5 nitrogen and oxygen atoms in total. The average molecular weight is 354 g/mol. The molecule has 134 valence electrons. The lowest BCUT2D eigenvalue weighted by atomic mass is 10.2. The van der Waals surface area contributed by atoms with Crippen molar-refractivity contribution in [3.8, 4) is 11.5 Å². The van der Waals surface area contributed by atoms with E-state index in [1.54, 1.807) is 18.2 Å². The maximum atomic E-state index is 13.5. The first-order valence-electron chi connectivity index (χ1n) is 7.31. The van der Waals surface area contributed by atoms with E-state index in [0.29, 0.717) is 18.0 Å². The maximum absolute atomic E-state index is 13.5. The number of carbonyl (C=O) groups excluding carboxylic acids is 1. The second-order valence-electron chi connectivity index (χ2n) is 5.06. The molecule has 0 aliphatic rings. The lowest BCUT2D eigenvalue weighted by molar-refractivity contribution is -0.115. The number of rotatable bonds is 7. The van der Waals surface area contributed by atoms with Crippen LogP contribution in [0.4, 0.5) is 18.9 Å². The number of hydrogen-bond acceptors (Lipinski definition) is 4. The smallest absolute Gasteiger partial charge is 0.238 e. The summed E-state index contributed by atoms with van der Waals surface area (Å²) in [6.07, 6.45) is 0. The summed E-state index contributed by atoms with van der Waals surface area (Å²) in [4.78, 5) is 11.8. The molecule has 0 unspecified atom stereocenters. The van der Waals surface area contributed by atoms with E-state index in [1.165, 1.54) is 14.2 Å². The van der Waals surface area contributed by atoms with Gasteiger partial charge in [-0.3, -0.25) is 4.79 Å². The zero-order valence-corrected chi connectivity index (χ0v) is 13.7. The average Bonchev–Trinajstić information content (AvgIpc) is 2.62. The molecule has 0 atom stereocenters. The van der Waals surface area contributed by atoms with Crippen LogP contribution in [0.5, 0.6) is 11.5 Å². The van der Waals surface area contributed by atoms with Gasteiger partial charge in [0.25, 0.3) is 0 Å². The first-order chi connectivity index (χ1) is 12.0. The van der Waals surface area contributed by atoms with Crippen LogP contribution in [0.1, 0.15) is 5.56 Å². The van der Waals surface area contributed by atoms with Crippen molar-refractivity contribution in [3.63, 3.8) is 0 Å². The third kappa shape index (κ3) is 4.63. The van der Waals surface area contributed by atoms with Crippen molar-refractivity contribution in [2.45, 2.75) is 6.54 Å². The third-order valence-corrected chi connectivity index (χ3v) is 3.37. The molecule has 0 aromatic heterocycles. The van der Waals surface area contributed by atoms with Gasteiger partial charge in [0.05, 0.1) is 26.5 Å². The molecule has 8 heteroatoms. The fourth-order valence-electron chi connectivity index (χ4n) is 2.13. The topological polar surface area (TPSA) is 59.6 Å².